The van der Waals surface area contributed by atoms with Gasteiger partial charge in [-0.25, -0.2) is 0 Å². The van der Waals surface area contributed by atoms with Crippen molar-refractivity contribution in [2.45, 2.75) is 69.9 Å². The van der Waals surface area contributed by atoms with E-state index in [1.54, 1.807) is 0 Å². The Kier molecular flexibility index (Phi) is 2.88. The van der Waals surface area contributed by atoms with Gasteiger partial charge in [0.25, 0.3) is 0 Å². The number of carbonyl (C=O) groups is 2. The zero-order valence-corrected chi connectivity index (χ0v) is 12.0. The number of hydrogen-bond acceptors (Lipinski definition) is 2. The summed E-state index contributed by atoms with van der Waals surface area (Å²) in [6, 6.07) is 0. The monoisotopic (exact) mass is 264 g/mol. The zero-order valence-electron chi connectivity index (χ0n) is 12.0. The quantitative estimate of drug-likeness (QED) is 0.827. The van der Waals surface area contributed by atoms with E-state index in [1.165, 1.54) is 19.3 Å². The fourth-order valence-corrected chi connectivity index (χ4v) is 3.42. The first-order valence-electron chi connectivity index (χ1n) is 7.60. The van der Waals surface area contributed by atoms with Crippen LogP contribution >= 0.6 is 0 Å². The van der Waals surface area contributed by atoms with E-state index in [0.717, 1.165) is 32.2 Å². The van der Waals surface area contributed by atoms with Gasteiger partial charge >= 0.3 is 0 Å². The minimum Gasteiger partial charge on any atom is -0.340 e. The van der Waals surface area contributed by atoms with Crippen LogP contribution in [0, 0.1) is 5.92 Å². The molecule has 0 aromatic rings. The first-order valence-corrected chi connectivity index (χ1v) is 7.60. The highest BCUT2D eigenvalue weighted by Crippen LogP contribution is 2.39. The topological polar surface area (TPSA) is 49.4 Å². The average Bonchev–Trinajstić information content (AvgIpc) is 3.18. The SMILES string of the molecule is CC1(C)C(=O)NC2(CCCCC2)C(=O)N1CC1CC1. The maximum atomic E-state index is 12.9. The smallest absolute Gasteiger partial charge is 0.249 e. The molecule has 0 atom stereocenters. The molecule has 106 valence electrons. The van der Waals surface area contributed by atoms with Crippen LogP contribution in [0.2, 0.25) is 0 Å². The largest absolute Gasteiger partial charge is 0.340 e. The summed E-state index contributed by atoms with van der Waals surface area (Å²) in [5.74, 6) is 0.813. The number of rotatable bonds is 2. The van der Waals surface area contributed by atoms with Gasteiger partial charge in [0.15, 0.2) is 0 Å². The molecule has 1 heterocycles. The van der Waals surface area contributed by atoms with E-state index in [4.69, 9.17) is 0 Å². The molecule has 2 saturated carbocycles. The number of amides is 2. The van der Waals surface area contributed by atoms with Crippen LogP contribution in [0.15, 0.2) is 0 Å². The Morgan fingerprint density at radius 3 is 2.37 bits per heavy atom. The first kappa shape index (κ1) is 12.9. The molecule has 1 aliphatic heterocycles. The fourth-order valence-electron chi connectivity index (χ4n) is 3.42. The normalized spacial score (nSPS) is 29.5. The average molecular weight is 264 g/mol. The van der Waals surface area contributed by atoms with Gasteiger partial charge in [0.1, 0.15) is 11.1 Å². The van der Waals surface area contributed by atoms with Crippen molar-refractivity contribution in [3.8, 4) is 0 Å². The highest BCUT2D eigenvalue weighted by molar-refractivity contribution is 6.02. The van der Waals surface area contributed by atoms with Crippen LogP contribution in [-0.4, -0.2) is 34.3 Å². The van der Waals surface area contributed by atoms with Crippen molar-refractivity contribution in [2.75, 3.05) is 6.54 Å². The molecule has 4 nitrogen and oxygen atoms in total. The molecule has 3 fully saturated rings. The summed E-state index contributed by atoms with van der Waals surface area (Å²) >= 11 is 0. The molecule has 3 rings (SSSR count). The summed E-state index contributed by atoms with van der Waals surface area (Å²) in [5, 5.41) is 3.07. The van der Waals surface area contributed by atoms with Crippen molar-refractivity contribution in [2.24, 2.45) is 5.92 Å². The van der Waals surface area contributed by atoms with Crippen molar-refractivity contribution in [3.63, 3.8) is 0 Å². The molecular formula is C15H24N2O2. The molecule has 0 aromatic carbocycles. The van der Waals surface area contributed by atoms with E-state index in [0.29, 0.717) is 5.92 Å². The maximum absolute atomic E-state index is 12.9. The molecule has 0 radical (unpaired) electrons. The highest BCUT2D eigenvalue weighted by atomic mass is 16.2. The highest BCUT2D eigenvalue weighted by Gasteiger charge is 2.55. The van der Waals surface area contributed by atoms with Gasteiger partial charge in [-0.2, -0.15) is 0 Å². The van der Waals surface area contributed by atoms with E-state index >= 15 is 0 Å². The van der Waals surface area contributed by atoms with Crippen LogP contribution in [0.1, 0.15) is 58.8 Å². The van der Waals surface area contributed by atoms with E-state index in [2.05, 4.69) is 5.32 Å². The Balaban J connectivity index is 1.89. The molecule has 1 spiro atoms. The summed E-state index contributed by atoms with van der Waals surface area (Å²) in [7, 11) is 0. The van der Waals surface area contributed by atoms with E-state index in [1.807, 2.05) is 18.7 Å². The lowest BCUT2D eigenvalue weighted by Crippen LogP contribution is -2.74. The van der Waals surface area contributed by atoms with Crippen molar-refractivity contribution in [3.05, 3.63) is 0 Å². The summed E-state index contributed by atoms with van der Waals surface area (Å²) in [6.45, 7) is 4.51. The lowest BCUT2D eigenvalue weighted by atomic mass is 9.76. The van der Waals surface area contributed by atoms with Gasteiger partial charge in [0.2, 0.25) is 11.8 Å². The number of nitrogens with zero attached hydrogens (tertiary/aromatic N) is 1. The van der Waals surface area contributed by atoms with Gasteiger partial charge < -0.3 is 10.2 Å². The third-order valence-corrected chi connectivity index (χ3v) is 5.08. The van der Waals surface area contributed by atoms with Crippen molar-refractivity contribution >= 4 is 11.8 Å². The summed E-state index contributed by atoms with van der Waals surface area (Å²) in [6.07, 6.45) is 7.30. The Bertz CT molecular complexity index is 406. The van der Waals surface area contributed by atoms with Crippen LogP contribution < -0.4 is 5.32 Å². The van der Waals surface area contributed by atoms with Crippen LogP contribution in [0.4, 0.5) is 0 Å². The molecule has 0 unspecified atom stereocenters. The minimum absolute atomic E-state index is 0.0228. The van der Waals surface area contributed by atoms with Gasteiger partial charge in [0.05, 0.1) is 0 Å². The third-order valence-electron chi connectivity index (χ3n) is 5.08. The van der Waals surface area contributed by atoms with Gasteiger partial charge in [-0.05, 0) is 45.4 Å². The summed E-state index contributed by atoms with van der Waals surface area (Å²) in [4.78, 5) is 27.2. The third kappa shape index (κ3) is 2.05. The van der Waals surface area contributed by atoms with Crippen LogP contribution in [0.25, 0.3) is 0 Å². The number of carbonyl (C=O) groups excluding carboxylic acids is 2. The molecule has 0 aromatic heterocycles. The van der Waals surface area contributed by atoms with Crippen molar-refractivity contribution < 1.29 is 9.59 Å². The van der Waals surface area contributed by atoms with E-state index in [-0.39, 0.29) is 11.8 Å². The van der Waals surface area contributed by atoms with Crippen LogP contribution in [0.5, 0.6) is 0 Å². The van der Waals surface area contributed by atoms with E-state index in [9.17, 15) is 9.59 Å². The molecule has 1 N–H and O–H groups in total. The number of hydrogen-bond donors (Lipinski definition) is 1. The lowest BCUT2D eigenvalue weighted by Gasteiger charge is -2.51. The van der Waals surface area contributed by atoms with Gasteiger partial charge in [0, 0.05) is 6.54 Å². The van der Waals surface area contributed by atoms with Gasteiger partial charge in [-0.15, -0.1) is 0 Å². The molecule has 3 aliphatic rings. The molecule has 19 heavy (non-hydrogen) atoms. The standard InChI is InChI=1S/C15H24N2O2/c1-14(2)12(18)16-15(8-4-3-5-9-15)13(19)17(14)10-11-6-7-11/h11H,3-10H2,1-2H3,(H,16,18). The maximum Gasteiger partial charge on any atom is 0.249 e. The van der Waals surface area contributed by atoms with Crippen molar-refractivity contribution in [1.82, 2.24) is 10.2 Å². The minimum atomic E-state index is -0.692. The van der Waals surface area contributed by atoms with E-state index < -0.39 is 11.1 Å². The number of piperazine rings is 1. The Labute approximate surface area is 114 Å². The zero-order chi connectivity index (χ0) is 13.7. The Hall–Kier alpha value is -1.06. The molecule has 2 aliphatic carbocycles. The Morgan fingerprint density at radius 1 is 1.16 bits per heavy atom. The van der Waals surface area contributed by atoms with Crippen LogP contribution in [0.3, 0.4) is 0 Å². The van der Waals surface area contributed by atoms with Gasteiger partial charge in [-0.1, -0.05) is 19.3 Å². The number of nitrogens with one attached hydrogen (secondary N) is 1. The molecule has 2 amide bonds. The van der Waals surface area contributed by atoms with Crippen molar-refractivity contribution in [1.29, 1.82) is 0 Å². The molecular weight excluding hydrogens is 240 g/mol. The van der Waals surface area contributed by atoms with Gasteiger partial charge in [-0.3, -0.25) is 9.59 Å². The second-order valence-corrected chi connectivity index (χ2v) is 7.02. The Morgan fingerprint density at radius 2 is 1.79 bits per heavy atom. The first-order chi connectivity index (χ1) is 8.96. The molecule has 1 saturated heterocycles. The summed E-state index contributed by atoms with van der Waals surface area (Å²) < 4.78 is 0. The summed E-state index contributed by atoms with van der Waals surface area (Å²) in [5.41, 5.74) is -1.28. The lowest BCUT2D eigenvalue weighted by molar-refractivity contribution is -0.163. The molecule has 0 bridgehead atoms. The second-order valence-electron chi connectivity index (χ2n) is 7.02. The van der Waals surface area contributed by atoms with Crippen LogP contribution in [-0.2, 0) is 9.59 Å². The predicted octanol–water partition coefficient (Wildman–Crippen LogP) is 1.84. The second kappa shape index (κ2) is 4.22. The molecule has 4 heteroatoms. The fraction of sp³-hybridized carbons (Fsp3) is 0.867. The predicted molar refractivity (Wildman–Crippen MR) is 72.5 cm³/mol.